The Morgan fingerprint density at radius 1 is 1.11 bits per heavy atom. The van der Waals surface area contributed by atoms with Gasteiger partial charge in [-0.05, 0) is 43.2 Å². The van der Waals surface area contributed by atoms with Crippen molar-refractivity contribution in [1.82, 2.24) is 4.90 Å². The molecule has 2 atom stereocenters. The van der Waals surface area contributed by atoms with Crippen LogP contribution in [0.25, 0.3) is 0 Å². The van der Waals surface area contributed by atoms with Gasteiger partial charge >= 0.3 is 0 Å². The lowest BCUT2D eigenvalue weighted by molar-refractivity contribution is 0.0785. The number of aliphatic hydroxyl groups is 1. The van der Waals surface area contributed by atoms with Gasteiger partial charge in [0, 0.05) is 19.6 Å². The second-order valence-corrected chi connectivity index (χ2v) is 6.90. The predicted molar refractivity (Wildman–Crippen MR) is 79.9 cm³/mol. The fourth-order valence-corrected chi connectivity index (χ4v) is 3.20. The number of piperidine rings is 1. The maximum atomic E-state index is 9.96. The third-order valence-electron chi connectivity index (χ3n) is 4.01. The molecule has 0 bridgehead atoms. The van der Waals surface area contributed by atoms with E-state index in [-0.39, 0.29) is 0 Å². The van der Waals surface area contributed by atoms with E-state index in [0.717, 1.165) is 23.9 Å². The Balaban J connectivity index is 1.99. The highest BCUT2D eigenvalue weighted by Gasteiger charge is 2.22. The first-order valence-corrected chi connectivity index (χ1v) is 7.38. The third kappa shape index (κ3) is 4.05. The molecule has 1 aromatic rings. The van der Waals surface area contributed by atoms with Gasteiger partial charge in [0.2, 0.25) is 0 Å². The monoisotopic (exact) mass is 261 g/mol. The Labute approximate surface area is 117 Å². The van der Waals surface area contributed by atoms with E-state index < -0.39 is 5.60 Å². The van der Waals surface area contributed by atoms with Gasteiger partial charge in [0.1, 0.15) is 0 Å². The summed E-state index contributed by atoms with van der Waals surface area (Å²) in [6.45, 7) is 11.8. The normalized spacial score (nSPS) is 25.5. The maximum Gasteiger partial charge on any atom is 0.0840 e. The van der Waals surface area contributed by atoms with Gasteiger partial charge in [-0.2, -0.15) is 0 Å². The molecule has 0 saturated carbocycles. The summed E-state index contributed by atoms with van der Waals surface area (Å²) in [6.07, 6.45) is 1.36. The van der Waals surface area contributed by atoms with E-state index in [1.165, 1.54) is 25.1 Å². The van der Waals surface area contributed by atoms with Gasteiger partial charge in [0.15, 0.2) is 0 Å². The zero-order valence-corrected chi connectivity index (χ0v) is 12.7. The van der Waals surface area contributed by atoms with E-state index in [2.05, 4.69) is 30.9 Å². The van der Waals surface area contributed by atoms with Crippen LogP contribution in [0, 0.1) is 11.8 Å². The Hall–Kier alpha value is -0.860. The van der Waals surface area contributed by atoms with Crippen LogP contribution in [0.1, 0.15) is 45.2 Å². The molecule has 0 spiro atoms. The lowest BCUT2D eigenvalue weighted by Crippen LogP contribution is -2.38. The summed E-state index contributed by atoms with van der Waals surface area (Å²) in [4.78, 5) is 2.55. The number of hydrogen-bond donors (Lipinski definition) is 1. The molecule has 1 aliphatic rings. The predicted octanol–water partition coefficient (Wildman–Crippen LogP) is 3.39. The van der Waals surface area contributed by atoms with Gasteiger partial charge in [-0.25, -0.2) is 0 Å². The van der Waals surface area contributed by atoms with Crippen LogP contribution < -0.4 is 0 Å². The van der Waals surface area contributed by atoms with E-state index in [1.54, 1.807) is 0 Å². The molecule has 0 aromatic heterocycles. The van der Waals surface area contributed by atoms with Crippen LogP contribution in [0.2, 0.25) is 0 Å². The molecular formula is C17H27NO. The SMILES string of the molecule is CC1CC(C)CN(Cc2ccc(C(C)(C)O)cc2)C1. The number of rotatable bonds is 3. The molecule has 2 unspecified atom stereocenters. The highest BCUT2D eigenvalue weighted by atomic mass is 16.3. The molecule has 1 heterocycles. The van der Waals surface area contributed by atoms with E-state index >= 15 is 0 Å². The van der Waals surface area contributed by atoms with Gasteiger partial charge in [-0.3, -0.25) is 4.90 Å². The topological polar surface area (TPSA) is 23.5 Å². The Kier molecular flexibility index (Phi) is 4.32. The van der Waals surface area contributed by atoms with Crippen molar-refractivity contribution < 1.29 is 5.11 Å². The maximum absolute atomic E-state index is 9.96. The van der Waals surface area contributed by atoms with Crippen LogP contribution in [0.4, 0.5) is 0 Å². The highest BCUT2D eigenvalue weighted by Crippen LogP contribution is 2.24. The van der Waals surface area contributed by atoms with Gasteiger partial charge in [0.05, 0.1) is 5.60 Å². The second-order valence-electron chi connectivity index (χ2n) is 6.90. The average Bonchev–Trinajstić information content (AvgIpc) is 2.26. The van der Waals surface area contributed by atoms with Crippen molar-refractivity contribution in [2.24, 2.45) is 11.8 Å². The van der Waals surface area contributed by atoms with Crippen molar-refractivity contribution in [2.45, 2.75) is 46.3 Å². The summed E-state index contributed by atoms with van der Waals surface area (Å²) < 4.78 is 0. The molecule has 0 amide bonds. The molecule has 19 heavy (non-hydrogen) atoms. The first-order valence-electron chi connectivity index (χ1n) is 7.38. The van der Waals surface area contributed by atoms with Crippen LogP contribution >= 0.6 is 0 Å². The standard InChI is InChI=1S/C17H27NO/c1-13-9-14(2)11-18(10-13)12-15-5-7-16(8-6-15)17(3,4)19/h5-8,13-14,19H,9-12H2,1-4H3. The van der Waals surface area contributed by atoms with Crippen molar-refractivity contribution in [3.8, 4) is 0 Å². The summed E-state index contributed by atoms with van der Waals surface area (Å²) in [5, 5.41) is 9.96. The van der Waals surface area contributed by atoms with Gasteiger partial charge in [-0.1, -0.05) is 38.1 Å². The largest absolute Gasteiger partial charge is 0.386 e. The molecule has 1 aromatic carbocycles. The van der Waals surface area contributed by atoms with E-state index in [0.29, 0.717) is 0 Å². The summed E-state index contributed by atoms with van der Waals surface area (Å²) in [5.41, 5.74) is 1.58. The Morgan fingerprint density at radius 3 is 2.11 bits per heavy atom. The molecule has 0 aliphatic carbocycles. The molecule has 1 fully saturated rings. The molecule has 2 heteroatoms. The number of hydrogen-bond acceptors (Lipinski definition) is 2. The van der Waals surface area contributed by atoms with Gasteiger partial charge in [0.25, 0.3) is 0 Å². The smallest absolute Gasteiger partial charge is 0.0840 e. The molecule has 1 saturated heterocycles. The van der Waals surface area contributed by atoms with Crippen LogP contribution in [-0.2, 0) is 12.1 Å². The summed E-state index contributed by atoms with van der Waals surface area (Å²) >= 11 is 0. The first-order chi connectivity index (χ1) is 8.84. The molecule has 2 nitrogen and oxygen atoms in total. The second kappa shape index (κ2) is 5.64. The highest BCUT2D eigenvalue weighted by molar-refractivity contribution is 5.26. The molecule has 0 radical (unpaired) electrons. The van der Waals surface area contributed by atoms with Crippen LogP contribution in [0.5, 0.6) is 0 Å². The number of benzene rings is 1. The van der Waals surface area contributed by atoms with E-state index in [9.17, 15) is 5.11 Å². The Bertz CT molecular complexity index is 394. The average molecular weight is 261 g/mol. The van der Waals surface area contributed by atoms with Crippen LogP contribution in [0.15, 0.2) is 24.3 Å². The van der Waals surface area contributed by atoms with Gasteiger partial charge in [-0.15, -0.1) is 0 Å². The molecule has 1 N–H and O–H groups in total. The number of nitrogens with zero attached hydrogens (tertiary/aromatic N) is 1. The zero-order valence-electron chi connectivity index (χ0n) is 12.7. The fourth-order valence-electron chi connectivity index (χ4n) is 3.20. The lowest BCUT2D eigenvalue weighted by atomic mass is 9.91. The Morgan fingerprint density at radius 2 is 1.63 bits per heavy atom. The van der Waals surface area contributed by atoms with Crippen molar-refractivity contribution in [3.63, 3.8) is 0 Å². The quantitative estimate of drug-likeness (QED) is 0.901. The molecule has 1 aliphatic heterocycles. The van der Waals surface area contributed by atoms with E-state index in [1.807, 2.05) is 26.0 Å². The molecule has 106 valence electrons. The zero-order chi connectivity index (χ0) is 14.0. The van der Waals surface area contributed by atoms with Crippen LogP contribution in [0.3, 0.4) is 0 Å². The summed E-state index contributed by atoms with van der Waals surface area (Å²) in [5.74, 6) is 1.61. The van der Waals surface area contributed by atoms with Crippen LogP contribution in [-0.4, -0.2) is 23.1 Å². The van der Waals surface area contributed by atoms with E-state index in [4.69, 9.17) is 0 Å². The first kappa shape index (κ1) is 14.5. The summed E-state index contributed by atoms with van der Waals surface area (Å²) in [7, 11) is 0. The van der Waals surface area contributed by atoms with Crippen molar-refractivity contribution in [3.05, 3.63) is 35.4 Å². The molecular weight excluding hydrogens is 234 g/mol. The minimum absolute atomic E-state index is 0.743. The van der Waals surface area contributed by atoms with Crippen molar-refractivity contribution in [1.29, 1.82) is 0 Å². The minimum Gasteiger partial charge on any atom is -0.386 e. The van der Waals surface area contributed by atoms with Gasteiger partial charge < -0.3 is 5.11 Å². The van der Waals surface area contributed by atoms with Crippen molar-refractivity contribution >= 4 is 0 Å². The lowest BCUT2D eigenvalue weighted by Gasteiger charge is -2.35. The molecule has 2 rings (SSSR count). The fraction of sp³-hybridized carbons (Fsp3) is 0.647. The minimum atomic E-state index is -0.743. The number of likely N-dealkylation sites (tertiary alicyclic amines) is 1. The third-order valence-corrected chi connectivity index (χ3v) is 4.01. The van der Waals surface area contributed by atoms with Crippen molar-refractivity contribution in [2.75, 3.05) is 13.1 Å². The summed E-state index contributed by atoms with van der Waals surface area (Å²) in [6, 6.07) is 8.40.